The van der Waals surface area contributed by atoms with Crippen LogP contribution in [0.5, 0.6) is 0 Å². The third-order valence-corrected chi connectivity index (χ3v) is 1.88. The highest BCUT2D eigenvalue weighted by atomic mass is 19.4. The Kier molecular flexibility index (Phi) is 5.36. The highest BCUT2D eigenvalue weighted by molar-refractivity contribution is 5.88. The van der Waals surface area contributed by atoms with Crippen molar-refractivity contribution in [3.63, 3.8) is 0 Å². The SMILES string of the molecule is CC(NC(=O)COCCN)(C(=O)O)C(F)(F)F. The van der Waals surface area contributed by atoms with Gasteiger partial charge in [0.25, 0.3) is 0 Å². The van der Waals surface area contributed by atoms with E-state index in [4.69, 9.17) is 10.8 Å². The van der Waals surface area contributed by atoms with Crippen molar-refractivity contribution in [3.8, 4) is 0 Å². The molecule has 1 atom stereocenters. The van der Waals surface area contributed by atoms with E-state index in [0.29, 0.717) is 6.92 Å². The first-order valence-electron chi connectivity index (χ1n) is 4.54. The molecule has 1 unspecified atom stereocenters. The molecule has 0 saturated carbocycles. The number of ether oxygens (including phenoxy) is 1. The summed E-state index contributed by atoms with van der Waals surface area (Å²) < 4.78 is 41.9. The van der Waals surface area contributed by atoms with E-state index in [1.54, 1.807) is 0 Å². The predicted octanol–water partition coefficient (Wildman–Crippen LogP) is -0.516. The topological polar surface area (TPSA) is 102 Å². The number of hydrogen-bond donors (Lipinski definition) is 3. The molecule has 0 aromatic heterocycles. The van der Waals surface area contributed by atoms with Crippen LogP contribution in [-0.2, 0) is 14.3 Å². The van der Waals surface area contributed by atoms with Crippen LogP contribution < -0.4 is 11.1 Å². The molecule has 0 spiro atoms. The van der Waals surface area contributed by atoms with Crippen molar-refractivity contribution in [2.75, 3.05) is 19.8 Å². The largest absolute Gasteiger partial charge is 0.479 e. The number of carboxylic acids is 1. The van der Waals surface area contributed by atoms with E-state index in [1.807, 2.05) is 0 Å². The minimum atomic E-state index is -5.11. The molecule has 0 rings (SSSR count). The van der Waals surface area contributed by atoms with Gasteiger partial charge in [0.2, 0.25) is 11.4 Å². The summed E-state index contributed by atoms with van der Waals surface area (Å²) in [5, 5.41) is 9.86. The van der Waals surface area contributed by atoms with Gasteiger partial charge >= 0.3 is 12.1 Å². The van der Waals surface area contributed by atoms with Gasteiger partial charge in [0.1, 0.15) is 6.61 Å². The van der Waals surface area contributed by atoms with Crippen LogP contribution in [0.15, 0.2) is 0 Å². The average molecular weight is 258 g/mol. The van der Waals surface area contributed by atoms with E-state index in [1.165, 1.54) is 5.32 Å². The summed E-state index contributed by atoms with van der Waals surface area (Å²) in [6, 6.07) is 0. The monoisotopic (exact) mass is 258 g/mol. The van der Waals surface area contributed by atoms with Crippen molar-refractivity contribution < 1.29 is 32.6 Å². The van der Waals surface area contributed by atoms with E-state index in [-0.39, 0.29) is 13.2 Å². The van der Waals surface area contributed by atoms with Crippen molar-refractivity contribution in [2.24, 2.45) is 5.73 Å². The Morgan fingerprint density at radius 1 is 1.41 bits per heavy atom. The molecule has 0 saturated heterocycles. The molecule has 0 radical (unpaired) electrons. The van der Waals surface area contributed by atoms with E-state index >= 15 is 0 Å². The Morgan fingerprint density at radius 2 is 1.94 bits per heavy atom. The van der Waals surface area contributed by atoms with Crippen molar-refractivity contribution in [1.82, 2.24) is 5.32 Å². The number of hydrogen-bond acceptors (Lipinski definition) is 4. The molecule has 0 aliphatic rings. The first-order valence-corrected chi connectivity index (χ1v) is 4.54. The molecule has 17 heavy (non-hydrogen) atoms. The van der Waals surface area contributed by atoms with Gasteiger partial charge in [-0.1, -0.05) is 0 Å². The zero-order valence-corrected chi connectivity index (χ0v) is 9.00. The fraction of sp³-hybridized carbons (Fsp3) is 0.750. The fourth-order valence-electron chi connectivity index (χ4n) is 0.809. The molecular weight excluding hydrogens is 245 g/mol. The highest BCUT2D eigenvalue weighted by Crippen LogP contribution is 2.30. The molecule has 0 aromatic rings. The van der Waals surface area contributed by atoms with Gasteiger partial charge in [-0.3, -0.25) is 4.79 Å². The van der Waals surface area contributed by atoms with Crippen molar-refractivity contribution >= 4 is 11.9 Å². The Morgan fingerprint density at radius 3 is 2.29 bits per heavy atom. The number of rotatable bonds is 6. The van der Waals surface area contributed by atoms with Gasteiger partial charge in [-0.25, -0.2) is 4.79 Å². The summed E-state index contributed by atoms with van der Waals surface area (Å²) in [6.07, 6.45) is -5.11. The van der Waals surface area contributed by atoms with Gasteiger partial charge in [0.15, 0.2) is 0 Å². The minimum Gasteiger partial charge on any atom is -0.479 e. The number of nitrogens with one attached hydrogen (secondary N) is 1. The van der Waals surface area contributed by atoms with Crippen LogP contribution in [0.2, 0.25) is 0 Å². The number of carbonyl (C=O) groups is 2. The number of carboxylic acid groups (broad SMARTS) is 1. The molecule has 1 amide bonds. The standard InChI is InChI=1S/C8H13F3N2O4/c1-7(6(15)16,8(9,10)11)13-5(14)4-17-3-2-12/h2-4,12H2,1H3,(H,13,14)(H,15,16). The second-order valence-corrected chi connectivity index (χ2v) is 3.32. The zero-order valence-electron chi connectivity index (χ0n) is 9.00. The maximum atomic E-state index is 12.4. The Bertz CT molecular complexity index is 295. The molecule has 0 fully saturated rings. The lowest BCUT2D eigenvalue weighted by atomic mass is 10.0. The smallest absolute Gasteiger partial charge is 0.422 e. The van der Waals surface area contributed by atoms with Gasteiger partial charge in [-0.05, 0) is 6.92 Å². The summed E-state index contributed by atoms with van der Waals surface area (Å²) in [7, 11) is 0. The molecule has 4 N–H and O–H groups in total. The lowest BCUT2D eigenvalue weighted by molar-refractivity contribution is -0.207. The fourth-order valence-corrected chi connectivity index (χ4v) is 0.809. The molecule has 0 heterocycles. The predicted molar refractivity (Wildman–Crippen MR) is 50.1 cm³/mol. The quantitative estimate of drug-likeness (QED) is 0.557. The molecule has 9 heteroatoms. The van der Waals surface area contributed by atoms with Crippen molar-refractivity contribution in [2.45, 2.75) is 18.6 Å². The Hall–Kier alpha value is -1.35. The molecule has 0 aliphatic heterocycles. The summed E-state index contributed by atoms with van der Waals surface area (Å²) in [6.45, 7) is -0.238. The minimum absolute atomic E-state index is 0.0107. The maximum absolute atomic E-state index is 12.4. The highest BCUT2D eigenvalue weighted by Gasteiger charge is 2.58. The zero-order chi connectivity index (χ0) is 13.7. The van der Waals surface area contributed by atoms with Gasteiger partial charge in [0, 0.05) is 6.54 Å². The van der Waals surface area contributed by atoms with Crippen LogP contribution in [-0.4, -0.2) is 48.5 Å². The van der Waals surface area contributed by atoms with Crippen molar-refractivity contribution in [3.05, 3.63) is 0 Å². The average Bonchev–Trinajstić information content (AvgIpc) is 2.15. The van der Waals surface area contributed by atoms with Gasteiger partial charge in [-0.15, -0.1) is 0 Å². The first-order chi connectivity index (χ1) is 7.65. The van der Waals surface area contributed by atoms with Gasteiger partial charge in [0.05, 0.1) is 6.61 Å². The molecule has 6 nitrogen and oxygen atoms in total. The second kappa shape index (κ2) is 5.82. The number of alkyl halides is 3. The third kappa shape index (κ3) is 4.19. The number of amides is 1. The van der Waals surface area contributed by atoms with Crippen molar-refractivity contribution in [1.29, 1.82) is 0 Å². The Balaban J connectivity index is 4.58. The molecule has 100 valence electrons. The van der Waals surface area contributed by atoms with Crippen LogP contribution in [0.3, 0.4) is 0 Å². The normalized spacial score (nSPS) is 15.1. The Labute approximate surface area is 94.9 Å². The third-order valence-electron chi connectivity index (χ3n) is 1.88. The molecule has 0 aromatic carbocycles. The van der Waals surface area contributed by atoms with E-state index in [2.05, 4.69) is 4.74 Å². The van der Waals surface area contributed by atoms with E-state index < -0.39 is 30.2 Å². The van der Waals surface area contributed by atoms with Gasteiger partial charge in [-0.2, -0.15) is 13.2 Å². The summed E-state index contributed by atoms with van der Waals surface area (Å²) >= 11 is 0. The number of carbonyl (C=O) groups excluding carboxylic acids is 1. The number of halogens is 3. The van der Waals surface area contributed by atoms with Crippen LogP contribution in [0.25, 0.3) is 0 Å². The van der Waals surface area contributed by atoms with E-state index in [0.717, 1.165) is 0 Å². The molecule has 0 bridgehead atoms. The van der Waals surface area contributed by atoms with Crippen LogP contribution in [0.4, 0.5) is 13.2 Å². The summed E-state index contributed by atoms with van der Waals surface area (Å²) in [4.78, 5) is 21.6. The van der Waals surface area contributed by atoms with Gasteiger partial charge < -0.3 is 20.9 Å². The maximum Gasteiger partial charge on any atom is 0.422 e. The lowest BCUT2D eigenvalue weighted by Gasteiger charge is -2.28. The first kappa shape index (κ1) is 15.7. The van der Waals surface area contributed by atoms with Crippen LogP contribution in [0.1, 0.15) is 6.92 Å². The number of nitrogens with two attached hydrogens (primary N) is 1. The summed E-state index contributed by atoms with van der Waals surface area (Å²) in [5.74, 6) is -3.38. The lowest BCUT2D eigenvalue weighted by Crippen LogP contribution is -2.62. The summed E-state index contributed by atoms with van der Waals surface area (Å²) in [5.41, 5.74) is 1.69. The van der Waals surface area contributed by atoms with E-state index in [9.17, 15) is 22.8 Å². The second-order valence-electron chi connectivity index (χ2n) is 3.32. The number of aliphatic carboxylic acids is 1. The van der Waals surface area contributed by atoms with Crippen LogP contribution >= 0.6 is 0 Å². The molecule has 0 aliphatic carbocycles. The molecular formula is C8H13F3N2O4. The van der Waals surface area contributed by atoms with Crippen LogP contribution in [0, 0.1) is 0 Å².